The van der Waals surface area contributed by atoms with Crippen molar-refractivity contribution in [2.45, 2.75) is 51.7 Å². The van der Waals surface area contributed by atoms with Crippen LogP contribution in [0.25, 0.3) is 10.8 Å². The number of oxazole rings is 1. The van der Waals surface area contributed by atoms with E-state index >= 15 is 0 Å². The highest BCUT2D eigenvalue weighted by Gasteiger charge is 2.27. The van der Waals surface area contributed by atoms with Gasteiger partial charge in [-0.3, -0.25) is 0 Å². The summed E-state index contributed by atoms with van der Waals surface area (Å²) in [5.74, 6) is 0.457. The minimum Gasteiger partial charge on any atom is -0.458 e. The average molecular weight is 377 g/mol. The van der Waals surface area contributed by atoms with Crippen LogP contribution in [0, 0.1) is 6.92 Å². The van der Waals surface area contributed by atoms with E-state index in [1.165, 1.54) is 11.3 Å². The van der Waals surface area contributed by atoms with Gasteiger partial charge in [0.1, 0.15) is 11.9 Å². The molecule has 0 aromatic carbocycles. The number of urea groups is 1. The zero-order valence-corrected chi connectivity index (χ0v) is 15.7. The Labute approximate surface area is 156 Å². The molecular weight excluding hydrogens is 354 g/mol. The largest absolute Gasteiger partial charge is 0.458 e. The monoisotopic (exact) mass is 377 g/mol. The van der Waals surface area contributed by atoms with E-state index in [1.807, 2.05) is 24.4 Å². The third-order valence-corrected chi connectivity index (χ3v) is 5.20. The van der Waals surface area contributed by atoms with E-state index in [0.717, 1.165) is 30.6 Å². The maximum Gasteiger partial charge on any atom is 0.360 e. The zero-order chi connectivity index (χ0) is 18.5. The molecule has 8 heteroatoms. The van der Waals surface area contributed by atoms with E-state index in [1.54, 1.807) is 6.92 Å². The summed E-state index contributed by atoms with van der Waals surface area (Å²) in [5.41, 5.74) is 0.232. The normalized spacial score (nSPS) is 19.8. The van der Waals surface area contributed by atoms with Crippen LogP contribution >= 0.6 is 11.3 Å². The molecule has 0 atom stereocenters. The molecule has 26 heavy (non-hydrogen) atoms. The van der Waals surface area contributed by atoms with E-state index in [4.69, 9.17) is 9.15 Å². The van der Waals surface area contributed by atoms with Crippen molar-refractivity contribution in [2.75, 3.05) is 6.54 Å². The zero-order valence-electron chi connectivity index (χ0n) is 14.9. The lowest BCUT2D eigenvalue weighted by atomic mass is 9.93. The van der Waals surface area contributed by atoms with Crippen LogP contribution in [0.3, 0.4) is 0 Å². The number of nitrogens with one attached hydrogen (secondary N) is 2. The number of esters is 1. The molecule has 0 aliphatic heterocycles. The van der Waals surface area contributed by atoms with E-state index in [9.17, 15) is 9.59 Å². The van der Waals surface area contributed by atoms with Gasteiger partial charge >= 0.3 is 12.0 Å². The number of aromatic nitrogens is 1. The summed E-state index contributed by atoms with van der Waals surface area (Å²) in [7, 11) is 0. The number of hydrogen-bond donors (Lipinski definition) is 2. The molecule has 0 unspecified atom stereocenters. The van der Waals surface area contributed by atoms with Crippen LogP contribution in [-0.4, -0.2) is 35.7 Å². The van der Waals surface area contributed by atoms with Gasteiger partial charge in [-0.15, -0.1) is 11.3 Å². The smallest absolute Gasteiger partial charge is 0.360 e. The molecule has 0 radical (unpaired) electrons. The van der Waals surface area contributed by atoms with Crippen molar-refractivity contribution in [2.24, 2.45) is 0 Å². The average Bonchev–Trinajstić information content (AvgIpc) is 3.26. The fourth-order valence-corrected chi connectivity index (χ4v) is 3.67. The number of rotatable bonds is 5. The van der Waals surface area contributed by atoms with Crippen molar-refractivity contribution in [3.05, 3.63) is 29.0 Å². The SMILES string of the molecule is CCNC(=O)NC1CCC(OC(=O)c2nc(-c3cccs3)oc2C)CC1. The maximum atomic E-state index is 12.4. The Balaban J connectivity index is 1.53. The Morgan fingerprint density at radius 3 is 2.77 bits per heavy atom. The first-order valence-corrected chi connectivity index (χ1v) is 9.71. The summed E-state index contributed by atoms with van der Waals surface area (Å²) in [6.45, 7) is 4.20. The standard InChI is InChI=1S/C18H23N3O4S/c1-3-19-18(23)20-12-6-8-13(9-7-12)25-17(22)15-11(2)24-16(21-15)14-5-4-10-26-14/h4-5,10,12-13H,3,6-9H2,1-2H3,(H2,19,20,23). The quantitative estimate of drug-likeness (QED) is 0.778. The molecule has 7 nitrogen and oxygen atoms in total. The molecule has 3 rings (SSSR count). The fraction of sp³-hybridized carbons (Fsp3) is 0.500. The van der Waals surface area contributed by atoms with Crippen molar-refractivity contribution in [1.29, 1.82) is 0 Å². The number of ether oxygens (including phenoxy) is 1. The molecule has 1 fully saturated rings. The lowest BCUT2D eigenvalue weighted by Gasteiger charge is -2.28. The van der Waals surface area contributed by atoms with Gasteiger partial charge in [0.25, 0.3) is 0 Å². The van der Waals surface area contributed by atoms with Crippen LogP contribution in [0.2, 0.25) is 0 Å². The molecule has 0 spiro atoms. The Kier molecular flexibility index (Phi) is 5.92. The molecule has 2 amide bonds. The van der Waals surface area contributed by atoms with Crippen LogP contribution in [-0.2, 0) is 4.74 Å². The second-order valence-corrected chi connectivity index (χ2v) is 7.23. The first-order chi connectivity index (χ1) is 12.6. The molecule has 1 aliphatic rings. The number of nitrogens with zero attached hydrogens (tertiary/aromatic N) is 1. The van der Waals surface area contributed by atoms with Crippen LogP contribution in [0.5, 0.6) is 0 Å². The van der Waals surface area contributed by atoms with Crippen LogP contribution < -0.4 is 10.6 Å². The lowest BCUT2D eigenvalue weighted by Crippen LogP contribution is -2.44. The van der Waals surface area contributed by atoms with Gasteiger partial charge in [-0.05, 0) is 51.0 Å². The van der Waals surface area contributed by atoms with Crippen LogP contribution in [0.15, 0.2) is 21.9 Å². The van der Waals surface area contributed by atoms with Crippen molar-refractivity contribution in [3.8, 4) is 10.8 Å². The Morgan fingerprint density at radius 2 is 2.12 bits per heavy atom. The van der Waals surface area contributed by atoms with Crippen molar-refractivity contribution >= 4 is 23.3 Å². The van der Waals surface area contributed by atoms with E-state index < -0.39 is 5.97 Å². The van der Waals surface area contributed by atoms with Gasteiger partial charge in [-0.2, -0.15) is 0 Å². The van der Waals surface area contributed by atoms with Gasteiger partial charge in [-0.25, -0.2) is 14.6 Å². The van der Waals surface area contributed by atoms with E-state index in [-0.39, 0.29) is 23.9 Å². The number of thiophene rings is 1. The highest BCUT2D eigenvalue weighted by molar-refractivity contribution is 7.13. The summed E-state index contributed by atoms with van der Waals surface area (Å²) in [5, 5.41) is 7.59. The number of aryl methyl sites for hydroxylation is 1. The highest BCUT2D eigenvalue weighted by Crippen LogP contribution is 2.27. The third-order valence-electron chi connectivity index (χ3n) is 4.34. The minimum atomic E-state index is -0.450. The topological polar surface area (TPSA) is 93.5 Å². The van der Waals surface area contributed by atoms with E-state index in [2.05, 4.69) is 15.6 Å². The fourth-order valence-electron chi connectivity index (χ4n) is 3.02. The van der Waals surface area contributed by atoms with Gasteiger partial charge in [0.15, 0.2) is 5.69 Å². The van der Waals surface area contributed by atoms with Crippen molar-refractivity contribution < 1.29 is 18.7 Å². The Bertz CT molecular complexity index is 749. The predicted octanol–water partition coefficient (Wildman–Crippen LogP) is 3.50. The summed E-state index contributed by atoms with van der Waals surface area (Å²) in [6.07, 6.45) is 2.85. The van der Waals surface area contributed by atoms with E-state index in [0.29, 0.717) is 18.2 Å². The third kappa shape index (κ3) is 4.43. The Morgan fingerprint density at radius 1 is 1.35 bits per heavy atom. The number of hydrogen-bond acceptors (Lipinski definition) is 6. The lowest BCUT2D eigenvalue weighted by molar-refractivity contribution is 0.0181. The molecule has 2 heterocycles. The molecule has 0 bridgehead atoms. The second kappa shape index (κ2) is 8.35. The summed E-state index contributed by atoms with van der Waals surface area (Å²) >= 11 is 1.51. The van der Waals surface area contributed by atoms with Crippen LogP contribution in [0.1, 0.15) is 48.9 Å². The molecule has 2 aromatic heterocycles. The summed E-state index contributed by atoms with van der Waals surface area (Å²) in [6, 6.07) is 3.78. The number of carbonyl (C=O) groups is 2. The number of amides is 2. The minimum absolute atomic E-state index is 0.121. The predicted molar refractivity (Wildman–Crippen MR) is 98.2 cm³/mol. The molecule has 2 aromatic rings. The van der Waals surface area contributed by atoms with Gasteiger partial charge in [0.05, 0.1) is 4.88 Å². The molecular formula is C18H23N3O4S. The van der Waals surface area contributed by atoms with Gasteiger partial charge < -0.3 is 19.8 Å². The maximum absolute atomic E-state index is 12.4. The van der Waals surface area contributed by atoms with Crippen molar-refractivity contribution in [3.63, 3.8) is 0 Å². The molecule has 1 saturated carbocycles. The molecule has 0 saturated heterocycles. The molecule has 2 N–H and O–H groups in total. The van der Waals surface area contributed by atoms with Gasteiger partial charge in [0, 0.05) is 12.6 Å². The molecule has 1 aliphatic carbocycles. The van der Waals surface area contributed by atoms with Gasteiger partial charge in [-0.1, -0.05) is 6.07 Å². The summed E-state index contributed by atoms with van der Waals surface area (Å²) < 4.78 is 11.2. The highest BCUT2D eigenvalue weighted by atomic mass is 32.1. The van der Waals surface area contributed by atoms with Gasteiger partial charge in [0.2, 0.25) is 5.89 Å². The Hall–Kier alpha value is -2.35. The van der Waals surface area contributed by atoms with Crippen molar-refractivity contribution in [1.82, 2.24) is 15.6 Å². The number of carbonyl (C=O) groups excluding carboxylic acids is 2. The summed E-state index contributed by atoms with van der Waals surface area (Å²) in [4.78, 5) is 29.2. The second-order valence-electron chi connectivity index (χ2n) is 6.28. The first-order valence-electron chi connectivity index (χ1n) is 8.83. The molecule has 140 valence electrons. The van der Waals surface area contributed by atoms with Crippen LogP contribution in [0.4, 0.5) is 4.79 Å². The first kappa shape index (κ1) is 18.4.